The first kappa shape index (κ1) is 32.0. The highest BCUT2D eigenvalue weighted by molar-refractivity contribution is 7.80. The highest BCUT2D eigenvalue weighted by atomic mass is 32.1. The van der Waals surface area contributed by atoms with Crippen LogP contribution in [0.4, 0.5) is 0 Å². The monoisotopic (exact) mass is 514 g/mol. The summed E-state index contributed by atoms with van der Waals surface area (Å²) in [4.78, 5) is 0. The molecule has 0 aromatic rings. The molecule has 2 heterocycles. The maximum absolute atomic E-state index is 9.67. The van der Waals surface area contributed by atoms with Crippen molar-refractivity contribution in [1.82, 2.24) is 0 Å². The predicted molar refractivity (Wildman–Crippen MR) is 128 cm³/mol. The van der Waals surface area contributed by atoms with Crippen LogP contribution >= 0.6 is 12.6 Å². The first-order chi connectivity index (χ1) is 16.1. The first-order valence-electron chi connectivity index (χ1n) is 12.4. The number of aliphatic hydroxyl groups excluding tert-OH is 6. The summed E-state index contributed by atoms with van der Waals surface area (Å²) in [7, 11) is 0. The molecule has 10 nitrogen and oxygen atoms in total. The fourth-order valence-corrected chi connectivity index (χ4v) is 3.84. The lowest BCUT2D eigenvalue weighted by Gasteiger charge is -2.38. The standard InChI is InChI=1S/C12H24O5.C11H22O5S/c1-3-4-5-6-7-16-12-11(15)10(14)9(13)8(2)17-12;1-7-8(12)9(13)10(14)11(16-7)15-5-3-2-4-6-17/h8-15H,3-7H2,1-2H3;7-14,17H,2-6H2,1H3/t8?,9-,10?,11+,12+;7?,8-,9?,10+,11-/m11/s1. The van der Waals surface area contributed by atoms with E-state index < -0.39 is 61.4 Å². The van der Waals surface area contributed by atoms with Crippen LogP contribution in [0.2, 0.25) is 0 Å². The van der Waals surface area contributed by atoms with Gasteiger partial charge in [0.2, 0.25) is 0 Å². The van der Waals surface area contributed by atoms with Crippen LogP contribution in [0.15, 0.2) is 0 Å². The highest BCUT2D eigenvalue weighted by Crippen LogP contribution is 2.23. The highest BCUT2D eigenvalue weighted by Gasteiger charge is 2.43. The van der Waals surface area contributed by atoms with E-state index in [0.717, 1.165) is 50.7 Å². The Balaban J connectivity index is 0.000000340. The Bertz CT molecular complexity index is 472. The van der Waals surface area contributed by atoms with E-state index in [4.69, 9.17) is 18.9 Å². The van der Waals surface area contributed by atoms with Crippen molar-refractivity contribution >= 4 is 12.6 Å². The van der Waals surface area contributed by atoms with Crippen molar-refractivity contribution in [3.05, 3.63) is 0 Å². The molecular formula is C23H46O10S. The molecule has 2 rings (SSSR count). The van der Waals surface area contributed by atoms with Gasteiger partial charge >= 0.3 is 0 Å². The Hall–Kier alpha value is -0.0500. The third-order valence-corrected chi connectivity index (χ3v) is 6.30. The van der Waals surface area contributed by atoms with Gasteiger partial charge in [-0.3, -0.25) is 0 Å². The van der Waals surface area contributed by atoms with Crippen molar-refractivity contribution in [3.8, 4) is 0 Å². The normalized spacial score (nSPS) is 38.3. The molecule has 2 aliphatic heterocycles. The van der Waals surface area contributed by atoms with Gasteiger partial charge in [0.15, 0.2) is 12.6 Å². The first-order valence-corrected chi connectivity index (χ1v) is 13.0. The molecule has 2 saturated heterocycles. The summed E-state index contributed by atoms with van der Waals surface area (Å²) in [6.45, 7) is 6.38. The van der Waals surface area contributed by atoms with E-state index >= 15 is 0 Å². The summed E-state index contributed by atoms with van der Waals surface area (Å²) < 4.78 is 21.3. The lowest BCUT2D eigenvalue weighted by molar-refractivity contribution is -0.293. The third kappa shape index (κ3) is 10.5. The molecule has 0 spiro atoms. The minimum atomic E-state index is -1.22. The molecule has 0 radical (unpaired) electrons. The van der Waals surface area contributed by atoms with Gasteiger partial charge in [-0.05, 0) is 38.9 Å². The molecule has 4 unspecified atom stereocenters. The quantitative estimate of drug-likeness (QED) is 0.143. The molecule has 10 atom stereocenters. The molecule has 6 N–H and O–H groups in total. The lowest BCUT2D eigenvalue weighted by Crippen LogP contribution is -2.57. The second-order valence-corrected chi connectivity index (χ2v) is 9.40. The Morgan fingerprint density at radius 2 is 1.00 bits per heavy atom. The van der Waals surface area contributed by atoms with Gasteiger partial charge < -0.3 is 49.6 Å². The fourth-order valence-electron chi connectivity index (χ4n) is 3.62. The van der Waals surface area contributed by atoms with E-state index in [0.29, 0.717) is 13.2 Å². The summed E-state index contributed by atoms with van der Waals surface area (Å²) in [6, 6.07) is 0. The van der Waals surface area contributed by atoms with E-state index in [1.165, 1.54) is 0 Å². The van der Waals surface area contributed by atoms with Crippen LogP contribution in [0.3, 0.4) is 0 Å². The average Bonchev–Trinajstić information content (AvgIpc) is 2.82. The molecular weight excluding hydrogens is 468 g/mol. The van der Waals surface area contributed by atoms with Crippen molar-refractivity contribution in [3.63, 3.8) is 0 Å². The van der Waals surface area contributed by atoms with E-state index in [2.05, 4.69) is 19.6 Å². The van der Waals surface area contributed by atoms with E-state index in [1.54, 1.807) is 13.8 Å². The van der Waals surface area contributed by atoms with Gasteiger partial charge in [0.25, 0.3) is 0 Å². The molecule has 2 fully saturated rings. The zero-order chi connectivity index (χ0) is 25.7. The zero-order valence-electron chi connectivity index (χ0n) is 20.6. The molecule has 0 bridgehead atoms. The number of unbranched alkanes of at least 4 members (excludes halogenated alkanes) is 5. The SMILES string of the molecule is CC1O[C@@H](OCCCCCS)[C@@H](O)C(O)[C@@H]1O.CCCCCCO[C@H]1OC(C)[C@@H](O)C(O)[C@@H]1O. The average molecular weight is 515 g/mol. The Kier molecular flexibility index (Phi) is 16.4. The van der Waals surface area contributed by atoms with Gasteiger partial charge in [-0.15, -0.1) is 0 Å². The van der Waals surface area contributed by atoms with Gasteiger partial charge in [0.1, 0.15) is 36.6 Å². The van der Waals surface area contributed by atoms with Gasteiger partial charge in [0, 0.05) is 13.2 Å². The second kappa shape index (κ2) is 17.4. The number of hydrogen-bond acceptors (Lipinski definition) is 11. The molecule has 0 aromatic heterocycles. The Morgan fingerprint density at radius 1 is 0.588 bits per heavy atom. The van der Waals surface area contributed by atoms with Gasteiger partial charge in [0.05, 0.1) is 12.2 Å². The Labute approximate surface area is 208 Å². The molecule has 11 heteroatoms. The molecule has 0 aromatic carbocycles. The maximum Gasteiger partial charge on any atom is 0.186 e. The second-order valence-electron chi connectivity index (χ2n) is 8.95. The van der Waals surface area contributed by atoms with Crippen LogP contribution in [0.1, 0.15) is 65.7 Å². The van der Waals surface area contributed by atoms with Crippen molar-refractivity contribution in [2.45, 2.75) is 127 Å². The Morgan fingerprint density at radius 3 is 1.38 bits per heavy atom. The predicted octanol–water partition coefficient (Wildman–Crippen LogP) is 0.341. The molecule has 204 valence electrons. The largest absolute Gasteiger partial charge is 0.388 e. The topological polar surface area (TPSA) is 158 Å². The van der Waals surface area contributed by atoms with Crippen LogP contribution in [0.5, 0.6) is 0 Å². The number of aliphatic hydroxyl groups is 6. The smallest absolute Gasteiger partial charge is 0.186 e. The molecule has 0 saturated carbocycles. The van der Waals surface area contributed by atoms with E-state index in [-0.39, 0.29) is 0 Å². The minimum Gasteiger partial charge on any atom is -0.388 e. The molecule has 0 amide bonds. The summed E-state index contributed by atoms with van der Waals surface area (Å²) in [5, 5.41) is 57.4. The van der Waals surface area contributed by atoms with Gasteiger partial charge in [-0.1, -0.05) is 32.6 Å². The minimum absolute atomic E-state index is 0.463. The summed E-state index contributed by atoms with van der Waals surface area (Å²) in [5.74, 6) is 0.852. The van der Waals surface area contributed by atoms with Crippen molar-refractivity contribution < 1.29 is 49.6 Å². The fraction of sp³-hybridized carbons (Fsp3) is 1.00. The van der Waals surface area contributed by atoms with Crippen molar-refractivity contribution in [2.75, 3.05) is 19.0 Å². The third-order valence-electron chi connectivity index (χ3n) is 5.98. The zero-order valence-corrected chi connectivity index (χ0v) is 21.5. The van der Waals surface area contributed by atoms with Crippen LogP contribution < -0.4 is 0 Å². The maximum atomic E-state index is 9.67. The summed E-state index contributed by atoms with van der Waals surface area (Å²) in [6.07, 6.45) is -2.54. The summed E-state index contributed by atoms with van der Waals surface area (Å²) in [5.41, 5.74) is 0. The van der Waals surface area contributed by atoms with Gasteiger partial charge in [-0.2, -0.15) is 12.6 Å². The van der Waals surface area contributed by atoms with Crippen LogP contribution in [0.25, 0.3) is 0 Å². The molecule has 0 aliphatic carbocycles. The number of rotatable bonds is 12. The number of ether oxygens (including phenoxy) is 4. The molecule has 34 heavy (non-hydrogen) atoms. The number of thiol groups is 1. The van der Waals surface area contributed by atoms with Crippen molar-refractivity contribution in [1.29, 1.82) is 0 Å². The molecule has 2 aliphatic rings. The lowest BCUT2D eigenvalue weighted by atomic mass is 10.0. The van der Waals surface area contributed by atoms with E-state index in [9.17, 15) is 30.6 Å². The van der Waals surface area contributed by atoms with Crippen LogP contribution in [-0.2, 0) is 18.9 Å². The van der Waals surface area contributed by atoms with Crippen LogP contribution in [0, 0.1) is 0 Å². The summed E-state index contributed by atoms with van der Waals surface area (Å²) >= 11 is 4.11. The van der Waals surface area contributed by atoms with Gasteiger partial charge in [-0.25, -0.2) is 0 Å². The van der Waals surface area contributed by atoms with Crippen LogP contribution in [-0.4, -0.2) is 111 Å². The van der Waals surface area contributed by atoms with E-state index in [1.807, 2.05) is 0 Å². The number of hydrogen-bond donors (Lipinski definition) is 7. The van der Waals surface area contributed by atoms with Crippen molar-refractivity contribution in [2.24, 2.45) is 0 Å².